The third-order valence-corrected chi connectivity index (χ3v) is 3.34. The molecule has 1 aromatic rings. The van der Waals surface area contributed by atoms with E-state index in [0.29, 0.717) is 30.1 Å². The summed E-state index contributed by atoms with van der Waals surface area (Å²) in [4.78, 5) is 25.1. The Hall–Kier alpha value is -1.55. The molecule has 0 bridgehead atoms. The lowest BCUT2D eigenvalue weighted by Crippen LogP contribution is -2.37. The van der Waals surface area contributed by atoms with Gasteiger partial charge in [-0.25, -0.2) is 0 Å². The van der Waals surface area contributed by atoms with E-state index in [-0.39, 0.29) is 17.9 Å². The minimum Gasteiger partial charge on any atom is -0.352 e. The van der Waals surface area contributed by atoms with Crippen molar-refractivity contribution in [3.05, 3.63) is 34.9 Å². The summed E-state index contributed by atoms with van der Waals surface area (Å²) in [7, 11) is 0. The van der Waals surface area contributed by atoms with Gasteiger partial charge in [-0.15, -0.1) is 0 Å². The first-order valence-corrected chi connectivity index (χ1v) is 7.11. The van der Waals surface area contributed by atoms with E-state index in [0.717, 1.165) is 0 Å². The molecule has 110 valence electrons. The largest absolute Gasteiger partial charge is 0.352 e. The number of carbonyl (C=O) groups is 2. The molecule has 0 saturated heterocycles. The van der Waals surface area contributed by atoms with Gasteiger partial charge < -0.3 is 10.2 Å². The lowest BCUT2D eigenvalue weighted by molar-refractivity contribution is -0.130. The van der Waals surface area contributed by atoms with E-state index < -0.39 is 0 Å². The van der Waals surface area contributed by atoms with Crippen LogP contribution in [0, 0.1) is 0 Å². The van der Waals surface area contributed by atoms with Crippen LogP contribution in [0.2, 0.25) is 5.02 Å². The SMILES string of the molecule is CC(=O)N(CCCNC(=O)c1ccccc1Cl)C(C)C. The summed E-state index contributed by atoms with van der Waals surface area (Å²) in [6, 6.07) is 7.11. The van der Waals surface area contributed by atoms with Crippen LogP contribution in [0.3, 0.4) is 0 Å². The minimum absolute atomic E-state index is 0.0532. The summed E-state index contributed by atoms with van der Waals surface area (Å²) < 4.78 is 0. The first-order chi connectivity index (χ1) is 9.43. The highest BCUT2D eigenvalue weighted by Gasteiger charge is 2.12. The zero-order chi connectivity index (χ0) is 15.1. The Morgan fingerprint density at radius 1 is 1.30 bits per heavy atom. The number of nitrogens with one attached hydrogen (secondary N) is 1. The van der Waals surface area contributed by atoms with E-state index in [1.54, 1.807) is 36.1 Å². The van der Waals surface area contributed by atoms with Crippen molar-refractivity contribution in [3.63, 3.8) is 0 Å². The molecule has 1 N–H and O–H groups in total. The Morgan fingerprint density at radius 2 is 1.95 bits per heavy atom. The number of amides is 2. The second kappa shape index (κ2) is 7.90. The summed E-state index contributed by atoms with van der Waals surface area (Å²) in [5, 5.41) is 3.25. The second-order valence-electron chi connectivity index (χ2n) is 4.90. The molecule has 0 unspecified atom stereocenters. The van der Waals surface area contributed by atoms with Crippen LogP contribution in [0.5, 0.6) is 0 Å². The fourth-order valence-electron chi connectivity index (χ4n) is 1.97. The van der Waals surface area contributed by atoms with Gasteiger partial charge in [0.2, 0.25) is 5.91 Å². The summed E-state index contributed by atoms with van der Waals surface area (Å²) in [6.07, 6.45) is 0.716. The van der Waals surface area contributed by atoms with Crippen LogP contribution in [0.4, 0.5) is 0 Å². The number of carbonyl (C=O) groups excluding carboxylic acids is 2. The van der Waals surface area contributed by atoms with E-state index in [1.165, 1.54) is 0 Å². The molecule has 0 radical (unpaired) electrons. The highest BCUT2D eigenvalue weighted by atomic mass is 35.5. The van der Waals surface area contributed by atoms with Crippen molar-refractivity contribution in [2.75, 3.05) is 13.1 Å². The molecule has 0 fully saturated rings. The van der Waals surface area contributed by atoms with Crippen molar-refractivity contribution < 1.29 is 9.59 Å². The summed E-state index contributed by atoms with van der Waals surface area (Å²) in [5.41, 5.74) is 0.474. The van der Waals surface area contributed by atoms with Crippen molar-refractivity contribution in [2.24, 2.45) is 0 Å². The highest BCUT2D eigenvalue weighted by molar-refractivity contribution is 6.33. The zero-order valence-corrected chi connectivity index (χ0v) is 12.9. The third-order valence-electron chi connectivity index (χ3n) is 3.01. The summed E-state index contributed by atoms with van der Waals surface area (Å²) in [5.74, 6) is -0.132. The molecule has 0 aliphatic heterocycles. The van der Waals surface area contributed by atoms with Crippen LogP contribution in [0.1, 0.15) is 37.6 Å². The van der Waals surface area contributed by atoms with Gasteiger partial charge in [-0.3, -0.25) is 9.59 Å². The highest BCUT2D eigenvalue weighted by Crippen LogP contribution is 2.14. The Labute approximate surface area is 125 Å². The van der Waals surface area contributed by atoms with Gasteiger partial charge >= 0.3 is 0 Å². The number of halogens is 1. The van der Waals surface area contributed by atoms with Crippen LogP contribution < -0.4 is 5.32 Å². The van der Waals surface area contributed by atoms with Crippen molar-refractivity contribution in [3.8, 4) is 0 Å². The molecule has 0 heterocycles. The molecule has 1 aromatic carbocycles. The molecule has 2 amide bonds. The quantitative estimate of drug-likeness (QED) is 0.821. The predicted molar refractivity (Wildman–Crippen MR) is 80.9 cm³/mol. The van der Waals surface area contributed by atoms with Gasteiger partial charge in [-0.1, -0.05) is 23.7 Å². The first kappa shape index (κ1) is 16.5. The molecule has 0 atom stereocenters. The fraction of sp³-hybridized carbons (Fsp3) is 0.467. The van der Waals surface area contributed by atoms with E-state index in [2.05, 4.69) is 5.32 Å². The maximum absolute atomic E-state index is 11.9. The van der Waals surface area contributed by atoms with Gasteiger partial charge in [0, 0.05) is 26.1 Å². The Kier molecular flexibility index (Phi) is 6.52. The molecular formula is C15H21ClN2O2. The molecule has 20 heavy (non-hydrogen) atoms. The normalized spacial score (nSPS) is 10.4. The lowest BCUT2D eigenvalue weighted by atomic mass is 10.2. The van der Waals surface area contributed by atoms with E-state index in [9.17, 15) is 9.59 Å². The van der Waals surface area contributed by atoms with Gasteiger partial charge in [-0.2, -0.15) is 0 Å². The fourth-order valence-corrected chi connectivity index (χ4v) is 2.19. The Morgan fingerprint density at radius 3 is 2.50 bits per heavy atom. The van der Waals surface area contributed by atoms with Crippen LogP contribution >= 0.6 is 11.6 Å². The maximum atomic E-state index is 11.9. The Balaban J connectivity index is 2.40. The van der Waals surface area contributed by atoms with E-state index >= 15 is 0 Å². The van der Waals surface area contributed by atoms with Crippen molar-refractivity contribution in [1.29, 1.82) is 0 Å². The molecule has 0 aliphatic rings. The molecule has 1 rings (SSSR count). The summed E-state index contributed by atoms with van der Waals surface area (Å²) in [6.45, 7) is 6.66. The predicted octanol–water partition coefficient (Wildman–Crippen LogP) is 2.72. The van der Waals surface area contributed by atoms with Crippen LogP contribution in [-0.2, 0) is 4.79 Å². The lowest BCUT2D eigenvalue weighted by Gasteiger charge is -2.25. The number of hydrogen-bond donors (Lipinski definition) is 1. The Bertz CT molecular complexity index is 475. The van der Waals surface area contributed by atoms with Crippen LogP contribution in [0.25, 0.3) is 0 Å². The average Bonchev–Trinajstić information content (AvgIpc) is 2.37. The maximum Gasteiger partial charge on any atom is 0.252 e. The van der Waals surface area contributed by atoms with Gasteiger partial charge in [0.25, 0.3) is 5.91 Å². The van der Waals surface area contributed by atoms with Crippen LogP contribution in [-0.4, -0.2) is 35.8 Å². The molecule has 5 heteroatoms. The average molecular weight is 297 g/mol. The molecule has 0 aromatic heterocycles. The zero-order valence-electron chi connectivity index (χ0n) is 12.1. The van der Waals surface area contributed by atoms with Gasteiger partial charge in [0.05, 0.1) is 10.6 Å². The van der Waals surface area contributed by atoms with Crippen molar-refractivity contribution >= 4 is 23.4 Å². The molecule has 4 nitrogen and oxygen atoms in total. The topological polar surface area (TPSA) is 49.4 Å². The van der Waals surface area contributed by atoms with Crippen molar-refractivity contribution in [1.82, 2.24) is 10.2 Å². The van der Waals surface area contributed by atoms with E-state index in [4.69, 9.17) is 11.6 Å². The molecular weight excluding hydrogens is 276 g/mol. The smallest absolute Gasteiger partial charge is 0.252 e. The molecule has 0 spiro atoms. The van der Waals surface area contributed by atoms with Crippen molar-refractivity contribution in [2.45, 2.75) is 33.2 Å². The summed E-state index contributed by atoms with van der Waals surface area (Å²) >= 11 is 5.95. The minimum atomic E-state index is -0.186. The number of rotatable bonds is 6. The molecule has 0 aliphatic carbocycles. The standard InChI is InChI=1S/C15H21ClN2O2/c1-11(2)18(12(3)19)10-6-9-17-15(20)13-7-4-5-8-14(13)16/h4-5,7-8,11H,6,9-10H2,1-3H3,(H,17,20). The number of nitrogens with zero attached hydrogens (tertiary/aromatic N) is 1. The van der Waals surface area contributed by atoms with Crippen LogP contribution in [0.15, 0.2) is 24.3 Å². The van der Waals surface area contributed by atoms with Gasteiger partial charge in [-0.05, 0) is 32.4 Å². The molecule has 0 saturated carbocycles. The number of hydrogen-bond acceptors (Lipinski definition) is 2. The third kappa shape index (κ3) is 4.85. The first-order valence-electron chi connectivity index (χ1n) is 6.73. The van der Waals surface area contributed by atoms with E-state index in [1.807, 2.05) is 13.8 Å². The van der Waals surface area contributed by atoms with Gasteiger partial charge in [0.15, 0.2) is 0 Å². The van der Waals surface area contributed by atoms with Gasteiger partial charge in [0.1, 0.15) is 0 Å². The second-order valence-corrected chi connectivity index (χ2v) is 5.30. The number of benzene rings is 1. The monoisotopic (exact) mass is 296 g/mol.